The fraction of sp³-hybridized carbons (Fsp3) is 0.444. The van der Waals surface area contributed by atoms with E-state index in [9.17, 15) is 9.90 Å². The highest BCUT2D eigenvalue weighted by Gasteiger charge is 2.10. The van der Waals surface area contributed by atoms with Crippen LogP contribution in [0.3, 0.4) is 0 Å². The second kappa shape index (κ2) is 5.65. The molecule has 0 bridgehead atoms. The summed E-state index contributed by atoms with van der Waals surface area (Å²) in [5.74, 6) is -0.102. The molecule has 0 spiro atoms. The summed E-state index contributed by atoms with van der Waals surface area (Å²) < 4.78 is 0. The molecular weight excluding hydrogens is 190 g/mol. The molecule has 0 aromatic carbocycles. The van der Waals surface area contributed by atoms with Crippen molar-refractivity contribution < 1.29 is 9.90 Å². The summed E-state index contributed by atoms with van der Waals surface area (Å²) in [6.07, 6.45) is 1.74. The lowest BCUT2D eigenvalue weighted by Crippen LogP contribution is -2.18. The zero-order valence-corrected chi connectivity index (χ0v) is 8.77. The van der Waals surface area contributed by atoms with Gasteiger partial charge in [0.1, 0.15) is 0 Å². The number of nitrogens with one attached hydrogen (secondary N) is 1. The molecule has 0 radical (unpaired) electrons. The van der Waals surface area contributed by atoms with E-state index < -0.39 is 0 Å². The molecule has 0 aliphatic heterocycles. The molecule has 4 heteroatoms. The number of carbonyl (C=O) groups excluding carboxylic acids is 1. The third-order valence-electron chi connectivity index (χ3n) is 1.59. The Morgan fingerprint density at radius 2 is 2.15 bits per heavy atom. The molecule has 3 nitrogen and oxygen atoms in total. The third-order valence-corrected chi connectivity index (χ3v) is 2.04. The largest absolute Gasteiger partial charge is 0.512 e. The molecule has 0 rings (SSSR count). The number of allylic oxidation sites excluding steroid dienone is 3. The van der Waals surface area contributed by atoms with E-state index in [1.807, 2.05) is 0 Å². The van der Waals surface area contributed by atoms with Crippen LogP contribution >= 0.6 is 11.6 Å². The number of hydrogen-bond donors (Lipinski definition) is 2. The van der Waals surface area contributed by atoms with E-state index in [4.69, 9.17) is 11.6 Å². The van der Waals surface area contributed by atoms with Crippen LogP contribution in [0.2, 0.25) is 0 Å². The van der Waals surface area contributed by atoms with Crippen molar-refractivity contribution in [1.82, 2.24) is 5.32 Å². The Hall–Kier alpha value is -0.960. The highest BCUT2D eigenvalue weighted by atomic mass is 35.5. The maximum atomic E-state index is 11.0. The minimum absolute atomic E-state index is 0.0756. The van der Waals surface area contributed by atoms with E-state index in [0.29, 0.717) is 10.6 Å². The number of aliphatic hydroxyl groups is 1. The Labute approximate surface area is 83.1 Å². The van der Waals surface area contributed by atoms with Gasteiger partial charge in [-0.05, 0) is 13.8 Å². The summed E-state index contributed by atoms with van der Waals surface area (Å²) >= 11 is 5.79. The first kappa shape index (κ1) is 12.0. The molecule has 0 atom stereocenters. The molecular formula is C9H14ClNO2. The molecule has 0 heterocycles. The quantitative estimate of drug-likeness (QED) is 0.545. The maximum absolute atomic E-state index is 11.0. The van der Waals surface area contributed by atoms with Gasteiger partial charge in [0.15, 0.2) is 0 Å². The van der Waals surface area contributed by atoms with Gasteiger partial charge in [-0.3, -0.25) is 4.79 Å². The Morgan fingerprint density at radius 3 is 2.46 bits per heavy atom. The second-order valence-corrected chi connectivity index (χ2v) is 2.96. The molecule has 0 unspecified atom stereocenters. The maximum Gasteiger partial charge on any atom is 0.224 e. The van der Waals surface area contributed by atoms with Gasteiger partial charge >= 0.3 is 0 Å². The molecule has 0 aliphatic carbocycles. The molecule has 0 aromatic heterocycles. The van der Waals surface area contributed by atoms with Crippen LogP contribution in [-0.4, -0.2) is 18.1 Å². The lowest BCUT2D eigenvalue weighted by molar-refractivity contribution is -0.119. The lowest BCUT2D eigenvalue weighted by Gasteiger charge is -2.06. The van der Waals surface area contributed by atoms with Crippen LogP contribution in [0.4, 0.5) is 0 Å². The van der Waals surface area contributed by atoms with Crippen molar-refractivity contribution in [2.75, 3.05) is 7.05 Å². The van der Waals surface area contributed by atoms with E-state index in [2.05, 4.69) is 5.32 Å². The van der Waals surface area contributed by atoms with Crippen LogP contribution in [0.25, 0.3) is 0 Å². The van der Waals surface area contributed by atoms with Crippen LogP contribution in [-0.2, 0) is 4.79 Å². The van der Waals surface area contributed by atoms with Crippen LogP contribution in [0, 0.1) is 0 Å². The Morgan fingerprint density at radius 1 is 1.62 bits per heavy atom. The van der Waals surface area contributed by atoms with Crippen molar-refractivity contribution in [2.45, 2.75) is 20.3 Å². The van der Waals surface area contributed by atoms with Crippen LogP contribution < -0.4 is 5.32 Å². The average Bonchev–Trinajstić information content (AvgIpc) is 2.11. The average molecular weight is 204 g/mol. The Bertz CT molecular complexity index is 252. The summed E-state index contributed by atoms with van der Waals surface area (Å²) in [5.41, 5.74) is 0.462. The van der Waals surface area contributed by atoms with E-state index in [1.165, 1.54) is 14.0 Å². The molecule has 0 saturated heterocycles. The summed E-state index contributed by atoms with van der Waals surface area (Å²) in [4.78, 5) is 11.0. The van der Waals surface area contributed by atoms with Crippen LogP contribution in [0.15, 0.2) is 22.4 Å². The summed E-state index contributed by atoms with van der Waals surface area (Å²) in [6, 6.07) is 0. The van der Waals surface area contributed by atoms with E-state index in [1.54, 1.807) is 13.0 Å². The Kier molecular flexibility index (Phi) is 5.23. The van der Waals surface area contributed by atoms with Gasteiger partial charge in [-0.15, -0.1) is 0 Å². The van der Waals surface area contributed by atoms with Gasteiger partial charge < -0.3 is 10.4 Å². The van der Waals surface area contributed by atoms with Gasteiger partial charge in [-0.1, -0.05) is 17.7 Å². The predicted molar refractivity (Wildman–Crippen MR) is 53.6 cm³/mol. The number of aliphatic hydroxyl groups excluding tert-OH is 1. The van der Waals surface area contributed by atoms with Crippen molar-refractivity contribution in [2.24, 2.45) is 0 Å². The van der Waals surface area contributed by atoms with Gasteiger partial charge in [-0.2, -0.15) is 0 Å². The summed E-state index contributed by atoms with van der Waals surface area (Å²) in [5, 5.41) is 12.1. The molecule has 13 heavy (non-hydrogen) atoms. The standard InChI is InChI=1S/C9H14ClNO2/c1-4-8(10)7(6(2)12)5-9(13)11-3/h4,12H,5H2,1-3H3,(H,11,13)/b7-6+,8-4+. The zero-order chi connectivity index (χ0) is 10.4. The van der Waals surface area contributed by atoms with Crippen molar-refractivity contribution in [3.05, 3.63) is 22.4 Å². The molecule has 1 amide bonds. The van der Waals surface area contributed by atoms with E-state index in [-0.39, 0.29) is 18.1 Å². The summed E-state index contributed by atoms with van der Waals surface area (Å²) in [6.45, 7) is 3.25. The SMILES string of the molecule is C/C=C(Cl)\C(CC(=O)NC)=C(/C)O. The normalized spacial score (nSPS) is 13.7. The minimum atomic E-state index is -0.177. The lowest BCUT2D eigenvalue weighted by atomic mass is 10.1. The second-order valence-electron chi connectivity index (χ2n) is 2.55. The first-order valence-electron chi connectivity index (χ1n) is 3.94. The van der Waals surface area contributed by atoms with Crippen molar-refractivity contribution in [3.63, 3.8) is 0 Å². The number of hydrogen-bond acceptors (Lipinski definition) is 2. The smallest absolute Gasteiger partial charge is 0.224 e. The van der Waals surface area contributed by atoms with E-state index in [0.717, 1.165) is 0 Å². The van der Waals surface area contributed by atoms with Crippen LogP contribution in [0.5, 0.6) is 0 Å². The number of rotatable bonds is 3. The monoisotopic (exact) mass is 203 g/mol. The first-order valence-corrected chi connectivity index (χ1v) is 4.32. The summed E-state index contributed by atoms with van der Waals surface area (Å²) in [7, 11) is 1.54. The van der Waals surface area contributed by atoms with Crippen molar-refractivity contribution in [1.29, 1.82) is 0 Å². The van der Waals surface area contributed by atoms with Crippen molar-refractivity contribution in [3.8, 4) is 0 Å². The minimum Gasteiger partial charge on any atom is -0.512 e. The van der Waals surface area contributed by atoms with Gasteiger partial charge in [0, 0.05) is 17.7 Å². The molecule has 0 aliphatic rings. The van der Waals surface area contributed by atoms with Crippen molar-refractivity contribution >= 4 is 17.5 Å². The highest BCUT2D eigenvalue weighted by molar-refractivity contribution is 6.32. The number of halogens is 1. The molecule has 0 aromatic rings. The van der Waals surface area contributed by atoms with Crippen LogP contribution in [0.1, 0.15) is 20.3 Å². The molecule has 0 saturated carbocycles. The predicted octanol–water partition coefficient (Wildman–Crippen LogP) is 2.10. The fourth-order valence-electron chi connectivity index (χ4n) is 0.808. The number of amides is 1. The third kappa shape index (κ3) is 3.99. The highest BCUT2D eigenvalue weighted by Crippen LogP contribution is 2.20. The van der Waals surface area contributed by atoms with E-state index >= 15 is 0 Å². The van der Waals surface area contributed by atoms with Gasteiger partial charge in [0.2, 0.25) is 5.91 Å². The topological polar surface area (TPSA) is 49.3 Å². The Balaban J connectivity index is 4.68. The molecule has 0 fully saturated rings. The zero-order valence-electron chi connectivity index (χ0n) is 8.02. The van der Waals surface area contributed by atoms with Gasteiger partial charge in [0.25, 0.3) is 0 Å². The number of carbonyl (C=O) groups is 1. The van der Waals surface area contributed by atoms with Gasteiger partial charge in [0.05, 0.1) is 12.2 Å². The molecule has 74 valence electrons. The first-order chi connectivity index (χ1) is 6.02. The fourth-order valence-corrected chi connectivity index (χ4v) is 1.01. The van der Waals surface area contributed by atoms with Gasteiger partial charge in [-0.25, -0.2) is 0 Å². The molecule has 2 N–H and O–H groups in total.